The molecule has 0 bridgehead atoms. The number of nitrogens with zero attached hydrogens (tertiary/aromatic N) is 4. The molecule has 5 nitrogen and oxygen atoms in total. The van der Waals surface area contributed by atoms with E-state index in [1.807, 2.05) is 0 Å². The number of para-hydroxylation sites is 1. The van der Waals surface area contributed by atoms with Gasteiger partial charge in [0.05, 0.1) is 18.1 Å². The number of nitrogens with one attached hydrogen (secondary N) is 1. The molecule has 19 heavy (non-hydrogen) atoms. The summed E-state index contributed by atoms with van der Waals surface area (Å²) in [6.07, 6.45) is 6.53. The van der Waals surface area contributed by atoms with Crippen molar-refractivity contribution in [1.29, 1.82) is 0 Å². The maximum Gasteiger partial charge on any atom is 0.227 e. The van der Waals surface area contributed by atoms with Crippen molar-refractivity contribution in [2.75, 3.05) is 5.32 Å². The lowest BCUT2D eigenvalue weighted by Crippen LogP contribution is -1.97. The molecule has 3 rings (SSSR count). The number of rotatable bonds is 3. The van der Waals surface area contributed by atoms with E-state index >= 15 is 0 Å². The summed E-state index contributed by atoms with van der Waals surface area (Å²) >= 11 is 0. The molecular formula is C13H10FN5. The summed E-state index contributed by atoms with van der Waals surface area (Å²) in [4.78, 5) is 8.08. The zero-order chi connectivity index (χ0) is 13.1. The lowest BCUT2D eigenvalue weighted by molar-refractivity contribution is 0.611. The van der Waals surface area contributed by atoms with E-state index in [-0.39, 0.29) is 5.82 Å². The van der Waals surface area contributed by atoms with Gasteiger partial charge in [-0.25, -0.2) is 19.0 Å². The molecule has 0 amide bonds. The van der Waals surface area contributed by atoms with Crippen LogP contribution < -0.4 is 5.32 Å². The van der Waals surface area contributed by atoms with Crippen LogP contribution >= 0.6 is 0 Å². The third kappa shape index (κ3) is 2.42. The smallest absolute Gasteiger partial charge is 0.227 e. The van der Waals surface area contributed by atoms with Crippen molar-refractivity contribution in [2.24, 2.45) is 0 Å². The highest BCUT2D eigenvalue weighted by Gasteiger charge is 2.06. The van der Waals surface area contributed by atoms with Crippen LogP contribution in [-0.4, -0.2) is 19.7 Å². The Bertz CT molecular complexity index is 680. The minimum atomic E-state index is -0.326. The van der Waals surface area contributed by atoms with Crippen molar-refractivity contribution in [3.63, 3.8) is 0 Å². The molecule has 6 heteroatoms. The molecule has 2 heterocycles. The molecule has 0 aliphatic rings. The van der Waals surface area contributed by atoms with Gasteiger partial charge >= 0.3 is 0 Å². The molecule has 0 saturated carbocycles. The van der Waals surface area contributed by atoms with E-state index in [2.05, 4.69) is 20.4 Å². The van der Waals surface area contributed by atoms with Crippen molar-refractivity contribution in [3.05, 3.63) is 60.9 Å². The summed E-state index contributed by atoms with van der Waals surface area (Å²) in [6.45, 7) is 0. The van der Waals surface area contributed by atoms with Crippen LogP contribution in [0, 0.1) is 5.82 Å². The van der Waals surface area contributed by atoms with Gasteiger partial charge in [-0.3, -0.25) is 0 Å². The maximum atomic E-state index is 13.6. The van der Waals surface area contributed by atoms with Gasteiger partial charge in [0.1, 0.15) is 11.5 Å². The molecule has 0 unspecified atom stereocenters. The Morgan fingerprint density at radius 3 is 2.63 bits per heavy atom. The van der Waals surface area contributed by atoms with Crippen LogP contribution in [0.1, 0.15) is 0 Å². The average molecular weight is 255 g/mol. The second kappa shape index (κ2) is 4.85. The molecule has 0 radical (unpaired) electrons. The Labute approximate surface area is 108 Å². The van der Waals surface area contributed by atoms with Gasteiger partial charge < -0.3 is 5.32 Å². The third-order valence-corrected chi connectivity index (χ3v) is 2.50. The number of halogens is 1. The van der Waals surface area contributed by atoms with Crippen LogP contribution in [0.25, 0.3) is 5.69 Å². The molecule has 0 fully saturated rings. The highest BCUT2D eigenvalue weighted by Crippen LogP contribution is 2.16. The first-order valence-corrected chi connectivity index (χ1v) is 5.66. The van der Waals surface area contributed by atoms with Crippen LogP contribution in [0.4, 0.5) is 16.0 Å². The molecule has 0 saturated heterocycles. The second-order valence-electron chi connectivity index (χ2n) is 3.82. The molecule has 3 aromatic rings. The first kappa shape index (κ1) is 11.3. The fourth-order valence-electron chi connectivity index (χ4n) is 1.65. The SMILES string of the molecule is Fc1ccccc1-n1cc(Nc2ncccn2)cn1. The highest BCUT2D eigenvalue weighted by molar-refractivity contribution is 5.51. The highest BCUT2D eigenvalue weighted by atomic mass is 19.1. The molecule has 0 aliphatic carbocycles. The molecule has 94 valence electrons. The Morgan fingerprint density at radius 1 is 1.05 bits per heavy atom. The quantitative estimate of drug-likeness (QED) is 0.781. The van der Waals surface area contributed by atoms with Crippen LogP contribution in [0.3, 0.4) is 0 Å². The van der Waals surface area contributed by atoms with Gasteiger partial charge in [0.2, 0.25) is 5.95 Å². The van der Waals surface area contributed by atoms with Crippen LogP contribution in [0.15, 0.2) is 55.1 Å². The summed E-state index contributed by atoms with van der Waals surface area (Å²) in [6, 6.07) is 8.18. The Hall–Kier alpha value is -2.76. The van der Waals surface area contributed by atoms with Gasteiger partial charge in [0, 0.05) is 12.4 Å². The van der Waals surface area contributed by atoms with Crippen LogP contribution in [-0.2, 0) is 0 Å². The minimum Gasteiger partial charge on any atom is -0.321 e. The number of aromatic nitrogens is 4. The third-order valence-electron chi connectivity index (χ3n) is 2.50. The zero-order valence-electron chi connectivity index (χ0n) is 9.86. The Kier molecular flexibility index (Phi) is 2.89. The first-order valence-electron chi connectivity index (χ1n) is 5.66. The van der Waals surface area contributed by atoms with Crippen molar-refractivity contribution in [2.45, 2.75) is 0 Å². The predicted octanol–water partition coefficient (Wildman–Crippen LogP) is 2.54. The van der Waals surface area contributed by atoms with E-state index in [0.29, 0.717) is 17.3 Å². The van der Waals surface area contributed by atoms with E-state index in [9.17, 15) is 4.39 Å². The largest absolute Gasteiger partial charge is 0.321 e. The number of benzene rings is 1. The first-order chi connectivity index (χ1) is 9.33. The van der Waals surface area contributed by atoms with Crippen molar-refractivity contribution in [1.82, 2.24) is 19.7 Å². The molecule has 1 N–H and O–H groups in total. The van der Waals surface area contributed by atoms with Gasteiger partial charge in [0.15, 0.2) is 0 Å². The predicted molar refractivity (Wildman–Crippen MR) is 68.8 cm³/mol. The Balaban J connectivity index is 1.86. The van der Waals surface area contributed by atoms with E-state index < -0.39 is 0 Å². The van der Waals surface area contributed by atoms with Crippen LogP contribution in [0.2, 0.25) is 0 Å². The topological polar surface area (TPSA) is 55.6 Å². The summed E-state index contributed by atoms with van der Waals surface area (Å²) in [5.74, 6) is 0.142. The summed E-state index contributed by atoms with van der Waals surface area (Å²) in [5.41, 5.74) is 1.08. The van der Waals surface area contributed by atoms with Crippen LogP contribution in [0.5, 0.6) is 0 Å². The lowest BCUT2D eigenvalue weighted by Gasteiger charge is -2.02. The maximum absolute atomic E-state index is 13.6. The Morgan fingerprint density at radius 2 is 1.84 bits per heavy atom. The van der Waals surface area contributed by atoms with E-state index in [1.165, 1.54) is 10.7 Å². The minimum absolute atomic E-state index is 0.326. The monoisotopic (exact) mass is 255 g/mol. The molecule has 0 aliphatic heterocycles. The standard InChI is InChI=1S/C13H10FN5/c14-11-4-1-2-5-12(11)19-9-10(8-17-19)18-13-15-6-3-7-16-13/h1-9H,(H,15,16,18). The molecule has 0 atom stereocenters. The summed E-state index contributed by atoms with van der Waals surface area (Å²) in [7, 11) is 0. The van der Waals surface area contributed by atoms with Gasteiger partial charge in [-0.2, -0.15) is 5.10 Å². The van der Waals surface area contributed by atoms with Gasteiger partial charge in [-0.05, 0) is 18.2 Å². The van der Waals surface area contributed by atoms with Crippen molar-refractivity contribution >= 4 is 11.6 Å². The van der Waals surface area contributed by atoms with E-state index in [1.54, 1.807) is 49.1 Å². The second-order valence-corrected chi connectivity index (χ2v) is 3.82. The zero-order valence-corrected chi connectivity index (χ0v) is 9.86. The summed E-state index contributed by atoms with van der Waals surface area (Å²) < 4.78 is 15.1. The van der Waals surface area contributed by atoms with Gasteiger partial charge in [-0.15, -0.1) is 0 Å². The fourth-order valence-corrected chi connectivity index (χ4v) is 1.65. The number of anilines is 2. The van der Waals surface area contributed by atoms with Gasteiger partial charge in [-0.1, -0.05) is 12.1 Å². The molecule has 2 aromatic heterocycles. The number of hydrogen-bond acceptors (Lipinski definition) is 4. The van der Waals surface area contributed by atoms with Gasteiger partial charge in [0.25, 0.3) is 0 Å². The average Bonchev–Trinajstić information content (AvgIpc) is 2.89. The van der Waals surface area contributed by atoms with E-state index in [4.69, 9.17) is 0 Å². The number of hydrogen-bond donors (Lipinski definition) is 1. The van der Waals surface area contributed by atoms with Crippen molar-refractivity contribution < 1.29 is 4.39 Å². The van der Waals surface area contributed by atoms with E-state index in [0.717, 1.165) is 0 Å². The normalized spacial score (nSPS) is 10.4. The fraction of sp³-hybridized carbons (Fsp3) is 0. The lowest BCUT2D eigenvalue weighted by atomic mass is 10.3. The van der Waals surface area contributed by atoms with Crippen molar-refractivity contribution in [3.8, 4) is 5.69 Å². The summed E-state index contributed by atoms with van der Waals surface area (Å²) in [5, 5.41) is 7.09. The molecule has 1 aromatic carbocycles. The molecule has 0 spiro atoms. The molecular weight excluding hydrogens is 245 g/mol.